The Morgan fingerprint density at radius 1 is 1.44 bits per heavy atom. The molecule has 0 spiro atoms. The van der Waals surface area contributed by atoms with Gasteiger partial charge in [0.1, 0.15) is 5.54 Å². The van der Waals surface area contributed by atoms with Crippen molar-refractivity contribution < 1.29 is 18.3 Å². The highest BCUT2D eigenvalue weighted by molar-refractivity contribution is 6.03. The van der Waals surface area contributed by atoms with Crippen LogP contribution in [0, 0.1) is 11.6 Å². The first-order valence-corrected chi connectivity index (χ1v) is 4.90. The van der Waals surface area contributed by atoms with Crippen molar-refractivity contribution in [2.45, 2.75) is 12.0 Å². The minimum Gasteiger partial charge on any atom is -0.379 e. The maximum Gasteiger partial charge on any atom is 0.188 e. The number of carbonyl (C=O) groups excluding carboxylic acids is 1. The lowest BCUT2D eigenvalue weighted by atomic mass is 9.89. The van der Waals surface area contributed by atoms with E-state index in [9.17, 15) is 13.6 Å². The zero-order chi connectivity index (χ0) is 11.8. The molecule has 5 heteroatoms. The van der Waals surface area contributed by atoms with Gasteiger partial charge in [-0.25, -0.2) is 8.78 Å². The Balaban J connectivity index is 2.37. The van der Waals surface area contributed by atoms with Gasteiger partial charge in [0.15, 0.2) is 17.4 Å². The van der Waals surface area contributed by atoms with Gasteiger partial charge in [-0.3, -0.25) is 4.79 Å². The fourth-order valence-electron chi connectivity index (χ4n) is 1.71. The average Bonchev–Trinajstić information content (AvgIpc) is 2.70. The third kappa shape index (κ3) is 1.72. The van der Waals surface area contributed by atoms with Crippen molar-refractivity contribution in [2.24, 2.45) is 5.73 Å². The maximum atomic E-state index is 13.4. The average molecular weight is 227 g/mol. The molecule has 1 atom stereocenters. The number of nitrogens with two attached hydrogens (primary N) is 1. The molecule has 1 aromatic carbocycles. The van der Waals surface area contributed by atoms with Crippen LogP contribution in [0.4, 0.5) is 8.78 Å². The minimum atomic E-state index is -1.23. The monoisotopic (exact) mass is 227 g/mol. The van der Waals surface area contributed by atoms with E-state index in [1.165, 1.54) is 12.1 Å². The third-order valence-corrected chi connectivity index (χ3v) is 2.70. The first-order valence-electron chi connectivity index (χ1n) is 4.90. The predicted octanol–water partition coefficient (Wildman–Crippen LogP) is 1.27. The van der Waals surface area contributed by atoms with Gasteiger partial charge >= 0.3 is 0 Å². The number of rotatable bonds is 2. The number of carbonyl (C=O) groups is 1. The van der Waals surface area contributed by atoms with E-state index < -0.39 is 23.0 Å². The molecule has 1 fully saturated rings. The Bertz CT molecular complexity index is 428. The fourth-order valence-corrected chi connectivity index (χ4v) is 1.71. The predicted molar refractivity (Wildman–Crippen MR) is 53.0 cm³/mol. The summed E-state index contributed by atoms with van der Waals surface area (Å²) in [6.45, 7) is 0.404. The highest BCUT2D eigenvalue weighted by atomic mass is 19.2. The smallest absolute Gasteiger partial charge is 0.188 e. The normalized spacial score (nSPS) is 24.7. The van der Waals surface area contributed by atoms with E-state index in [0.717, 1.165) is 6.07 Å². The van der Waals surface area contributed by atoms with Crippen molar-refractivity contribution in [3.8, 4) is 0 Å². The number of ether oxygens (including phenoxy) is 1. The third-order valence-electron chi connectivity index (χ3n) is 2.70. The van der Waals surface area contributed by atoms with Gasteiger partial charge in [-0.1, -0.05) is 6.07 Å². The van der Waals surface area contributed by atoms with Crippen molar-refractivity contribution in [2.75, 3.05) is 13.2 Å². The molecule has 16 heavy (non-hydrogen) atoms. The van der Waals surface area contributed by atoms with Crippen LogP contribution in [0.15, 0.2) is 18.2 Å². The minimum absolute atomic E-state index is 0.0434. The zero-order valence-electron chi connectivity index (χ0n) is 8.50. The van der Waals surface area contributed by atoms with Gasteiger partial charge in [-0.15, -0.1) is 0 Å². The van der Waals surface area contributed by atoms with Crippen LogP contribution in [0.25, 0.3) is 0 Å². The molecule has 1 saturated heterocycles. The molecule has 0 radical (unpaired) electrons. The van der Waals surface area contributed by atoms with E-state index in [1.54, 1.807) is 0 Å². The molecule has 1 unspecified atom stereocenters. The van der Waals surface area contributed by atoms with Crippen LogP contribution < -0.4 is 5.73 Å². The van der Waals surface area contributed by atoms with E-state index in [1.807, 2.05) is 0 Å². The largest absolute Gasteiger partial charge is 0.379 e. The molecular formula is C11H11F2NO2. The highest BCUT2D eigenvalue weighted by Crippen LogP contribution is 2.23. The first kappa shape index (κ1) is 11.2. The topological polar surface area (TPSA) is 52.3 Å². The zero-order valence-corrected chi connectivity index (χ0v) is 8.50. The lowest BCUT2D eigenvalue weighted by Gasteiger charge is -2.20. The van der Waals surface area contributed by atoms with Gasteiger partial charge in [0.2, 0.25) is 0 Å². The first-order chi connectivity index (χ1) is 7.54. The number of halogens is 2. The molecule has 2 rings (SSSR count). The van der Waals surface area contributed by atoms with Crippen LogP contribution in [0.3, 0.4) is 0 Å². The lowest BCUT2D eigenvalue weighted by molar-refractivity contribution is 0.0858. The van der Waals surface area contributed by atoms with Crippen LogP contribution in [0.5, 0.6) is 0 Å². The van der Waals surface area contributed by atoms with Gasteiger partial charge in [-0.2, -0.15) is 0 Å². The van der Waals surface area contributed by atoms with Crippen LogP contribution in [0.1, 0.15) is 16.8 Å². The second-order valence-corrected chi connectivity index (χ2v) is 3.89. The van der Waals surface area contributed by atoms with Gasteiger partial charge < -0.3 is 10.5 Å². The summed E-state index contributed by atoms with van der Waals surface area (Å²) in [5, 5.41) is 0. The Morgan fingerprint density at radius 2 is 2.19 bits per heavy atom. The quantitative estimate of drug-likeness (QED) is 0.774. The summed E-state index contributed by atoms with van der Waals surface area (Å²) in [4.78, 5) is 11.9. The second kappa shape index (κ2) is 3.92. The molecule has 2 N–H and O–H groups in total. The summed E-state index contributed by atoms with van der Waals surface area (Å²) in [5.74, 6) is -2.81. The van der Waals surface area contributed by atoms with E-state index in [2.05, 4.69) is 0 Å². The summed E-state index contributed by atoms with van der Waals surface area (Å²) >= 11 is 0. The molecule has 0 amide bonds. The van der Waals surface area contributed by atoms with Crippen molar-refractivity contribution >= 4 is 5.78 Å². The van der Waals surface area contributed by atoms with E-state index in [0.29, 0.717) is 13.0 Å². The van der Waals surface area contributed by atoms with Crippen LogP contribution >= 0.6 is 0 Å². The second-order valence-electron chi connectivity index (χ2n) is 3.89. The lowest BCUT2D eigenvalue weighted by Crippen LogP contribution is -2.48. The highest BCUT2D eigenvalue weighted by Gasteiger charge is 2.40. The van der Waals surface area contributed by atoms with E-state index in [4.69, 9.17) is 10.5 Å². The Kier molecular flexibility index (Phi) is 2.73. The van der Waals surface area contributed by atoms with Gasteiger partial charge in [0, 0.05) is 6.61 Å². The fraction of sp³-hybridized carbons (Fsp3) is 0.364. The van der Waals surface area contributed by atoms with Crippen LogP contribution in [0.2, 0.25) is 0 Å². The molecule has 0 aromatic heterocycles. The summed E-state index contributed by atoms with van der Waals surface area (Å²) in [7, 11) is 0. The van der Waals surface area contributed by atoms with Gasteiger partial charge in [0.25, 0.3) is 0 Å². The van der Waals surface area contributed by atoms with Crippen molar-refractivity contribution in [1.29, 1.82) is 0 Å². The molecule has 1 heterocycles. The number of benzene rings is 1. The Hall–Kier alpha value is -1.33. The molecular weight excluding hydrogens is 216 g/mol. The molecule has 1 aliphatic heterocycles. The Morgan fingerprint density at radius 3 is 2.81 bits per heavy atom. The Labute approximate surface area is 91.2 Å². The number of Topliss-reactive ketones (excluding diaryl/α,β-unsaturated/α-hetero) is 1. The van der Waals surface area contributed by atoms with Crippen LogP contribution in [-0.4, -0.2) is 24.5 Å². The van der Waals surface area contributed by atoms with Crippen molar-refractivity contribution in [1.82, 2.24) is 0 Å². The summed E-state index contributed by atoms with van der Waals surface area (Å²) in [6, 6.07) is 3.47. The maximum absolute atomic E-state index is 13.4. The molecule has 0 bridgehead atoms. The summed E-state index contributed by atoms with van der Waals surface area (Å²) in [5.41, 5.74) is 4.25. The summed E-state index contributed by atoms with van der Waals surface area (Å²) in [6.07, 6.45) is 0.321. The number of hydrogen-bond donors (Lipinski definition) is 1. The standard InChI is InChI=1S/C11H11F2NO2/c12-8-3-1-2-7(9(8)13)10(15)11(14)4-5-16-6-11/h1-3H,4-6,14H2. The van der Waals surface area contributed by atoms with E-state index >= 15 is 0 Å². The van der Waals surface area contributed by atoms with E-state index in [-0.39, 0.29) is 12.2 Å². The molecule has 0 aliphatic carbocycles. The summed E-state index contributed by atoms with van der Waals surface area (Å²) < 4.78 is 31.3. The number of hydrogen-bond acceptors (Lipinski definition) is 3. The molecule has 1 aliphatic rings. The SMILES string of the molecule is NC1(C(=O)c2cccc(F)c2F)CCOC1. The van der Waals surface area contributed by atoms with Crippen LogP contribution in [-0.2, 0) is 4.74 Å². The molecule has 0 saturated carbocycles. The van der Waals surface area contributed by atoms with Gasteiger partial charge in [-0.05, 0) is 18.6 Å². The van der Waals surface area contributed by atoms with Crippen molar-refractivity contribution in [3.05, 3.63) is 35.4 Å². The molecule has 3 nitrogen and oxygen atoms in total. The number of ketones is 1. The van der Waals surface area contributed by atoms with Crippen molar-refractivity contribution in [3.63, 3.8) is 0 Å². The molecule has 86 valence electrons. The molecule has 1 aromatic rings. The van der Waals surface area contributed by atoms with Gasteiger partial charge in [0.05, 0.1) is 12.2 Å².